The van der Waals surface area contributed by atoms with Crippen LogP contribution in [0.1, 0.15) is 5.69 Å². The highest BCUT2D eigenvalue weighted by Gasteiger charge is 2.07. The molecule has 3 rings (SSSR count). The molecule has 0 aliphatic rings. The van der Waals surface area contributed by atoms with Gasteiger partial charge in [0.1, 0.15) is 17.7 Å². The smallest absolute Gasteiger partial charge is 0.244 e. The van der Waals surface area contributed by atoms with Gasteiger partial charge in [0.15, 0.2) is 0 Å². The molecule has 88 valence electrons. The summed E-state index contributed by atoms with van der Waals surface area (Å²) in [6, 6.07) is 9.77. The van der Waals surface area contributed by atoms with Crippen molar-refractivity contribution in [2.45, 2.75) is 0 Å². The van der Waals surface area contributed by atoms with E-state index in [2.05, 4.69) is 35.6 Å². The van der Waals surface area contributed by atoms with Crippen LogP contribution in [0.5, 0.6) is 0 Å². The fourth-order valence-corrected chi connectivity index (χ4v) is 1.52. The van der Waals surface area contributed by atoms with Gasteiger partial charge in [-0.1, -0.05) is 30.3 Å². The second-order valence-electron chi connectivity index (χ2n) is 3.49. The highest BCUT2D eigenvalue weighted by atomic mass is 15.3. The van der Waals surface area contributed by atoms with Gasteiger partial charge in [0.2, 0.25) is 5.95 Å². The van der Waals surface area contributed by atoms with Gasteiger partial charge in [-0.25, -0.2) is 10.1 Å². The third-order valence-electron chi connectivity index (χ3n) is 2.33. The molecule has 2 heterocycles. The molecule has 3 aromatic rings. The monoisotopic (exact) mass is 239 g/mol. The number of aromatic nitrogens is 6. The van der Waals surface area contributed by atoms with Crippen molar-refractivity contribution in [1.82, 2.24) is 30.6 Å². The van der Waals surface area contributed by atoms with E-state index in [4.69, 9.17) is 0 Å². The van der Waals surface area contributed by atoms with Crippen LogP contribution in [0.3, 0.4) is 0 Å². The standard InChI is InChI=1S/C11H9N7/c1-2-4-8(5-3-1)10-9(15-18-16-10)6-12-11-13-7-14-17-11/h1-7H,(H,13,14,17)(H,15,16,18)/b12-6+. The van der Waals surface area contributed by atoms with Gasteiger partial charge in [-0.2, -0.15) is 25.5 Å². The maximum atomic E-state index is 4.12. The molecular weight excluding hydrogens is 230 g/mol. The minimum absolute atomic E-state index is 0.428. The summed E-state index contributed by atoms with van der Waals surface area (Å²) < 4.78 is 0. The van der Waals surface area contributed by atoms with E-state index in [-0.39, 0.29) is 0 Å². The molecule has 0 fully saturated rings. The number of aromatic amines is 2. The average molecular weight is 239 g/mol. The van der Waals surface area contributed by atoms with Crippen molar-refractivity contribution in [2.75, 3.05) is 0 Å². The summed E-state index contributed by atoms with van der Waals surface area (Å²) in [6.45, 7) is 0. The molecular formula is C11H9N7. The SMILES string of the molecule is C(=N\c1ncn[nH]1)/c1n[nH]nc1-c1ccccc1. The molecule has 0 saturated heterocycles. The van der Waals surface area contributed by atoms with Crippen LogP contribution in [0.2, 0.25) is 0 Å². The van der Waals surface area contributed by atoms with E-state index in [1.807, 2.05) is 30.3 Å². The maximum Gasteiger partial charge on any atom is 0.245 e. The largest absolute Gasteiger partial charge is 0.245 e. The number of hydrogen-bond acceptors (Lipinski definition) is 5. The molecule has 0 amide bonds. The zero-order valence-corrected chi connectivity index (χ0v) is 9.28. The van der Waals surface area contributed by atoms with Gasteiger partial charge in [-0.15, -0.1) is 0 Å². The minimum atomic E-state index is 0.428. The van der Waals surface area contributed by atoms with E-state index in [1.165, 1.54) is 6.33 Å². The van der Waals surface area contributed by atoms with Crippen LogP contribution in [-0.4, -0.2) is 36.8 Å². The number of H-pyrrole nitrogens is 2. The normalized spacial score (nSPS) is 11.1. The third-order valence-corrected chi connectivity index (χ3v) is 2.33. The van der Waals surface area contributed by atoms with Crippen LogP contribution in [0, 0.1) is 0 Å². The van der Waals surface area contributed by atoms with Gasteiger partial charge >= 0.3 is 0 Å². The lowest BCUT2D eigenvalue weighted by Gasteiger charge is -1.95. The maximum absolute atomic E-state index is 4.12. The van der Waals surface area contributed by atoms with E-state index >= 15 is 0 Å². The molecule has 18 heavy (non-hydrogen) atoms. The molecule has 0 spiro atoms. The van der Waals surface area contributed by atoms with Crippen LogP contribution >= 0.6 is 0 Å². The van der Waals surface area contributed by atoms with Gasteiger partial charge in [0.25, 0.3) is 0 Å². The zero-order valence-electron chi connectivity index (χ0n) is 9.28. The summed E-state index contributed by atoms with van der Waals surface area (Å²) in [4.78, 5) is 8.01. The van der Waals surface area contributed by atoms with Crippen LogP contribution in [0.25, 0.3) is 11.3 Å². The van der Waals surface area contributed by atoms with Gasteiger partial charge in [-0.05, 0) is 0 Å². The number of rotatable bonds is 3. The molecule has 0 bridgehead atoms. The fourth-order valence-electron chi connectivity index (χ4n) is 1.52. The molecule has 0 unspecified atom stereocenters. The molecule has 7 nitrogen and oxygen atoms in total. The molecule has 0 aliphatic heterocycles. The van der Waals surface area contributed by atoms with Gasteiger partial charge in [0.05, 0.1) is 6.21 Å². The highest BCUT2D eigenvalue weighted by Crippen LogP contribution is 2.17. The van der Waals surface area contributed by atoms with E-state index in [1.54, 1.807) is 6.21 Å². The van der Waals surface area contributed by atoms with Crippen molar-refractivity contribution in [3.8, 4) is 11.3 Å². The van der Waals surface area contributed by atoms with Crippen molar-refractivity contribution in [1.29, 1.82) is 0 Å². The lowest BCUT2D eigenvalue weighted by atomic mass is 10.1. The first-order valence-corrected chi connectivity index (χ1v) is 5.29. The van der Waals surface area contributed by atoms with Crippen LogP contribution in [0.4, 0.5) is 5.95 Å². The molecule has 2 N–H and O–H groups in total. The second-order valence-corrected chi connectivity index (χ2v) is 3.49. The number of hydrogen-bond donors (Lipinski definition) is 2. The lowest BCUT2D eigenvalue weighted by Crippen LogP contribution is -1.86. The van der Waals surface area contributed by atoms with E-state index in [9.17, 15) is 0 Å². The Labute approximate surface area is 102 Å². The van der Waals surface area contributed by atoms with Crippen molar-refractivity contribution < 1.29 is 0 Å². The fraction of sp³-hybridized carbons (Fsp3) is 0. The van der Waals surface area contributed by atoms with Crippen molar-refractivity contribution >= 4 is 12.2 Å². The second kappa shape index (κ2) is 4.58. The first-order valence-electron chi connectivity index (χ1n) is 5.29. The number of benzene rings is 1. The summed E-state index contributed by atoms with van der Waals surface area (Å²) in [5.74, 6) is 0.428. The van der Waals surface area contributed by atoms with Gasteiger partial charge in [-0.3, -0.25) is 0 Å². The predicted octanol–water partition coefficient (Wildman–Crippen LogP) is 1.34. The number of nitrogens with zero attached hydrogens (tertiary/aromatic N) is 5. The van der Waals surface area contributed by atoms with Crippen LogP contribution in [0.15, 0.2) is 41.7 Å². The number of aliphatic imine (C=N–C) groups is 1. The van der Waals surface area contributed by atoms with Gasteiger partial charge < -0.3 is 0 Å². The molecule has 0 radical (unpaired) electrons. The van der Waals surface area contributed by atoms with Crippen LogP contribution in [-0.2, 0) is 0 Å². The van der Waals surface area contributed by atoms with E-state index in [0.29, 0.717) is 11.6 Å². The quantitative estimate of drug-likeness (QED) is 0.674. The Hall–Kier alpha value is -2.83. The van der Waals surface area contributed by atoms with E-state index in [0.717, 1.165) is 11.3 Å². The Balaban J connectivity index is 1.93. The average Bonchev–Trinajstić information content (AvgIpc) is 3.09. The highest BCUT2D eigenvalue weighted by molar-refractivity contribution is 5.87. The summed E-state index contributed by atoms with van der Waals surface area (Å²) >= 11 is 0. The molecule has 2 aromatic heterocycles. The Kier molecular flexibility index (Phi) is 2.63. The topological polar surface area (TPSA) is 95.5 Å². The molecule has 1 aromatic carbocycles. The van der Waals surface area contributed by atoms with E-state index < -0.39 is 0 Å². The molecule has 0 saturated carbocycles. The summed E-state index contributed by atoms with van der Waals surface area (Å²) in [5, 5.41) is 17.1. The predicted molar refractivity (Wildman–Crippen MR) is 65.5 cm³/mol. The Morgan fingerprint density at radius 1 is 1.11 bits per heavy atom. The van der Waals surface area contributed by atoms with Crippen molar-refractivity contribution in [2.24, 2.45) is 4.99 Å². The summed E-state index contributed by atoms with van der Waals surface area (Å²) in [5.41, 5.74) is 2.38. The molecule has 0 atom stereocenters. The van der Waals surface area contributed by atoms with Gasteiger partial charge in [0, 0.05) is 5.56 Å². The Bertz CT molecular complexity index is 639. The van der Waals surface area contributed by atoms with Crippen molar-refractivity contribution in [3.63, 3.8) is 0 Å². The summed E-state index contributed by atoms with van der Waals surface area (Å²) in [6.07, 6.45) is 2.99. The first-order chi connectivity index (χ1) is 8.93. The zero-order chi connectivity index (χ0) is 12.2. The third kappa shape index (κ3) is 2.01. The van der Waals surface area contributed by atoms with Crippen molar-refractivity contribution in [3.05, 3.63) is 42.4 Å². The lowest BCUT2D eigenvalue weighted by molar-refractivity contribution is 0.939. The summed E-state index contributed by atoms with van der Waals surface area (Å²) in [7, 11) is 0. The molecule has 0 aliphatic carbocycles. The van der Waals surface area contributed by atoms with Crippen LogP contribution < -0.4 is 0 Å². The number of nitrogens with one attached hydrogen (secondary N) is 2. The minimum Gasteiger partial charge on any atom is -0.244 e. The Morgan fingerprint density at radius 3 is 2.78 bits per heavy atom. The Morgan fingerprint density at radius 2 is 2.00 bits per heavy atom. The molecule has 7 heteroatoms. The first kappa shape index (κ1) is 10.3.